The number of para-hydroxylation sites is 1. The van der Waals surface area contributed by atoms with Crippen molar-refractivity contribution in [3.63, 3.8) is 0 Å². The van der Waals surface area contributed by atoms with Crippen molar-refractivity contribution in [2.75, 3.05) is 7.11 Å². The quantitative estimate of drug-likeness (QED) is 0.525. The summed E-state index contributed by atoms with van der Waals surface area (Å²) < 4.78 is 25.6. The second-order valence-electron chi connectivity index (χ2n) is 9.03. The molecule has 0 aliphatic heterocycles. The minimum absolute atomic E-state index is 0.127. The Labute approximate surface area is 190 Å². The molecule has 170 valence electrons. The fourth-order valence-electron chi connectivity index (χ4n) is 4.64. The number of ether oxygens (including phenoxy) is 2. The average Bonchev–Trinajstić information content (AvgIpc) is 3.72. The van der Waals surface area contributed by atoms with Crippen LogP contribution in [-0.2, 0) is 27.4 Å². The van der Waals surface area contributed by atoms with Crippen molar-refractivity contribution in [3.8, 4) is 5.75 Å². The fraction of sp³-hybridized carbons (Fsp3) is 0.346. The van der Waals surface area contributed by atoms with Crippen LogP contribution in [0.15, 0.2) is 48.5 Å². The summed E-state index contributed by atoms with van der Waals surface area (Å²) in [5, 5.41) is 0.991. The molecule has 2 atom stereocenters. The van der Waals surface area contributed by atoms with E-state index in [-0.39, 0.29) is 18.8 Å². The van der Waals surface area contributed by atoms with Crippen LogP contribution in [0.4, 0.5) is 4.39 Å². The van der Waals surface area contributed by atoms with Gasteiger partial charge in [0.05, 0.1) is 24.0 Å². The molecule has 5 rings (SSSR count). The fourth-order valence-corrected chi connectivity index (χ4v) is 4.64. The first-order valence-corrected chi connectivity index (χ1v) is 11.1. The van der Waals surface area contributed by atoms with Crippen molar-refractivity contribution in [3.05, 3.63) is 71.2 Å². The number of aromatic nitrogens is 1. The second-order valence-corrected chi connectivity index (χ2v) is 9.03. The van der Waals surface area contributed by atoms with Crippen LogP contribution in [-0.4, -0.2) is 24.0 Å². The Kier molecular flexibility index (Phi) is 5.27. The summed E-state index contributed by atoms with van der Waals surface area (Å²) in [7, 11) is 1.27. The van der Waals surface area contributed by atoms with E-state index in [0.29, 0.717) is 17.9 Å². The number of pyridine rings is 1. The summed E-state index contributed by atoms with van der Waals surface area (Å²) in [6.07, 6.45) is 2.79. The number of halogens is 1. The van der Waals surface area contributed by atoms with Gasteiger partial charge in [0.2, 0.25) is 5.91 Å². The molecule has 2 aliphatic rings. The monoisotopic (exact) mass is 448 g/mol. The number of amides is 1. The number of rotatable bonds is 8. The Balaban J connectivity index is 1.34. The van der Waals surface area contributed by atoms with Crippen LogP contribution < -0.4 is 10.5 Å². The number of carbonyl (C=O) groups excluding carboxylic acids is 2. The number of hydrogen-bond acceptors (Lipinski definition) is 5. The molecule has 2 fully saturated rings. The first-order chi connectivity index (χ1) is 15.9. The van der Waals surface area contributed by atoms with Gasteiger partial charge in [-0.3, -0.25) is 14.6 Å². The number of fused-ring (bicyclic) bond motifs is 1. The maximum atomic E-state index is 14.9. The summed E-state index contributed by atoms with van der Waals surface area (Å²) in [6, 6.07) is 14.6. The number of primary amides is 1. The predicted octanol–water partition coefficient (Wildman–Crippen LogP) is 4.04. The van der Waals surface area contributed by atoms with E-state index in [9.17, 15) is 14.0 Å². The van der Waals surface area contributed by atoms with E-state index in [1.54, 1.807) is 12.1 Å². The van der Waals surface area contributed by atoms with Gasteiger partial charge >= 0.3 is 5.97 Å². The van der Waals surface area contributed by atoms with E-state index in [1.807, 2.05) is 24.3 Å². The lowest BCUT2D eigenvalue weighted by molar-refractivity contribution is -0.148. The zero-order valence-corrected chi connectivity index (χ0v) is 18.3. The number of carbonyl (C=O) groups is 2. The van der Waals surface area contributed by atoms with Crippen molar-refractivity contribution in [1.29, 1.82) is 0 Å². The van der Waals surface area contributed by atoms with Crippen LogP contribution in [0.3, 0.4) is 0 Å². The third-order valence-electron chi connectivity index (χ3n) is 6.73. The average molecular weight is 448 g/mol. The topological polar surface area (TPSA) is 91.5 Å². The van der Waals surface area contributed by atoms with Crippen LogP contribution in [0.1, 0.15) is 42.0 Å². The van der Waals surface area contributed by atoms with Crippen LogP contribution in [0.5, 0.6) is 5.75 Å². The molecule has 0 bridgehead atoms. The molecule has 33 heavy (non-hydrogen) atoms. The van der Waals surface area contributed by atoms with E-state index in [1.165, 1.54) is 13.2 Å². The van der Waals surface area contributed by atoms with Gasteiger partial charge in [-0.25, -0.2) is 4.39 Å². The Morgan fingerprint density at radius 1 is 1.18 bits per heavy atom. The van der Waals surface area contributed by atoms with E-state index < -0.39 is 29.0 Å². The number of methoxy groups -OCH3 is 1. The Hall–Kier alpha value is -3.48. The van der Waals surface area contributed by atoms with E-state index in [0.717, 1.165) is 35.0 Å². The molecule has 1 amide bonds. The molecule has 0 radical (unpaired) electrons. The molecule has 2 aromatic carbocycles. The number of hydrogen-bond donors (Lipinski definition) is 1. The van der Waals surface area contributed by atoms with Gasteiger partial charge in [-0.15, -0.1) is 0 Å². The zero-order chi connectivity index (χ0) is 23.2. The first kappa shape index (κ1) is 21.4. The normalized spacial score (nSPS) is 21.6. The number of nitrogens with two attached hydrogens (primary N) is 1. The third kappa shape index (κ3) is 4.03. The summed E-state index contributed by atoms with van der Waals surface area (Å²) in [5.41, 5.74) is 7.91. The molecular weight excluding hydrogens is 423 g/mol. The number of benzene rings is 2. The van der Waals surface area contributed by atoms with Crippen molar-refractivity contribution in [2.24, 2.45) is 17.1 Å². The largest absolute Gasteiger partial charge is 0.486 e. The lowest BCUT2D eigenvalue weighted by Gasteiger charge is -2.15. The van der Waals surface area contributed by atoms with Crippen LogP contribution >= 0.6 is 0 Å². The highest BCUT2D eigenvalue weighted by atomic mass is 19.1. The molecule has 0 saturated heterocycles. The van der Waals surface area contributed by atoms with Crippen molar-refractivity contribution < 1.29 is 23.5 Å². The van der Waals surface area contributed by atoms with E-state index >= 15 is 0 Å². The Morgan fingerprint density at radius 2 is 1.97 bits per heavy atom. The van der Waals surface area contributed by atoms with Gasteiger partial charge in [0.1, 0.15) is 6.61 Å². The molecule has 6 nitrogen and oxygen atoms in total. The van der Waals surface area contributed by atoms with Crippen LogP contribution in [0, 0.1) is 17.2 Å². The molecule has 1 aromatic heterocycles. The van der Waals surface area contributed by atoms with Gasteiger partial charge in [-0.1, -0.05) is 24.3 Å². The minimum atomic E-state index is -1.01. The van der Waals surface area contributed by atoms with Crippen LogP contribution in [0.2, 0.25) is 0 Å². The molecule has 1 heterocycles. The third-order valence-corrected chi connectivity index (χ3v) is 6.73. The molecule has 1 unspecified atom stereocenters. The molecule has 7 heteroatoms. The molecule has 2 N–H and O–H groups in total. The maximum absolute atomic E-state index is 14.9. The highest BCUT2D eigenvalue weighted by Crippen LogP contribution is 2.55. The summed E-state index contributed by atoms with van der Waals surface area (Å²) in [6.45, 7) is 0.217. The second kappa shape index (κ2) is 8.14. The van der Waals surface area contributed by atoms with Crippen molar-refractivity contribution in [2.45, 2.75) is 38.2 Å². The molecule has 2 saturated carbocycles. The summed E-state index contributed by atoms with van der Waals surface area (Å²) in [4.78, 5) is 28.6. The van der Waals surface area contributed by atoms with Gasteiger partial charge in [-0.2, -0.15) is 0 Å². The minimum Gasteiger partial charge on any atom is -0.486 e. The number of esters is 1. The molecule has 0 spiro atoms. The molecule has 2 aliphatic carbocycles. The lowest BCUT2D eigenvalue weighted by atomic mass is 9.93. The highest BCUT2D eigenvalue weighted by molar-refractivity contribution is 5.93. The van der Waals surface area contributed by atoms with Gasteiger partial charge in [0.25, 0.3) is 0 Å². The van der Waals surface area contributed by atoms with Gasteiger partial charge in [0, 0.05) is 22.6 Å². The standard InChI is InChI=1S/C26H25FN2O4/c1-32-25(31)26(13-19(26)24(28)30)12-15-6-9-23(20(27)10-15)33-14-17-11-22(16-7-8-16)29-21-5-3-2-4-18(17)21/h2-6,9-11,16,19H,7-8,12-14H2,1H3,(H2,28,30)/t19?,26-/m0/s1. The molecule has 3 aromatic rings. The summed E-state index contributed by atoms with van der Waals surface area (Å²) >= 11 is 0. The van der Waals surface area contributed by atoms with Gasteiger partial charge < -0.3 is 15.2 Å². The Bertz CT molecular complexity index is 1260. The maximum Gasteiger partial charge on any atom is 0.312 e. The predicted molar refractivity (Wildman–Crippen MR) is 120 cm³/mol. The summed E-state index contributed by atoms with van der Waals surface area (Å²) in [5.74, 6) is -1.53. The van der Waals surface area contributed by atoms with E-state index in [2.05, 4.69) is 6.07 Å². The van der Waals surface area contributed by atoms with E-state index in [4.69, 9.17) is 20.2 Å². The number of nitrogens with zero attached hydrogens (tertiary/aromatic N) is 1. The zero-order valence-electron chi connectivity index (χ0n) is 18.3. The van der Waals surface area contributed by atoms with Crippen molar-refractivity contribution in [1.82, 2.24) is 4.98 Å². The van der Waals surface area contributed by atoms with Crippen LogP contribution in [0.25, 0.3) is 10.9 Å². The van der Waals surface area contributed by atoms with Gasteiger partial charge in [0.15, 0.2) is 11.6 Å². The van der Waals surface area contributed by atoms with Gasteiger partial charge in [-0.05, 0) is 55.5 Å². The Morgan fingerprint density at radius 3 is 2.64 bits per heavy atom. The lowest BCUT2D eigenvalue weighted by Crippen LogP contribution is -2.28. The SMILES string of the molecule is COC(=O)[C@@]1(Cc2ccc(OCc3cc(C4CC4)nc4ccccc34)c(F)c2)CC1C(N)=O. The molecular formula is C26H25FN2O4. The van der Waals surface area contributed by atoms with Crippen molar-refractivity contribution >= 4 is 22.8 Å². The first-order valence-electron chi connectivity index (χ1n) is 11.1. The highest BCUT2D eigenvalue weighted by Gasteiger charge is 2.63. The smallest absolute Gasteiger partial charge is 0.312 e.